The summed E-state index contributed by atoms with van der Waals surface area (Å²) >= 11 is 0. The number of alkyl halides is 3. The fourth-order valence-corrected chi connectivity index (χ4v) is 4.12. The maximum Gasteiger partial charge on any atom is 0.416 e. The zero-order valence-corrected chi connectivity index (χ0v) is 18.1. The van der Waals surface area contributed by atoms with Gasteiger partial charge in [-0.1, -0.05) is 30.3 Å². The summed E-state index contributed by atoms with van der Waals surface area (Å²) in [5, 5.41) is 4.36. The van der Waals surface area contributed by atoms with Gasteiger partial charge in [0.15, 0.2) is 0 Å². The molecule has 1 aromatic heterocycles. The molecule has 1 aliphatic heterocycles. The van der Waals surface area contributed by atoms with Crippen LogP contribution in [0.2, 0.25) is 0 Å². The van der Waals surface area contributed by atoms with Gasteiger partial charge in [0.2, 0.25) is 5.91 Å². The van der Waals surface area contributed by atoms with Gasteiger partial charge >= 0.3 is 6.18 Å². The summed E-state index contributed by atoms with van der Waals surface area (Å²) in [5.41, 5.74) is 3.32. The van der Waals surface area contributed by atoms with Crippen LogP contribution in [0.1, 0.15) is 17.0 Å². The number of amides is 1. The Bertz CT molecular complexity index is 1110. The van der Waals surface area contributed by atoms with Crippen molar-refractivity contribution in [2.75, 3.05) is 31.1 Å². The largest absolute Gasteiger partial charge is 0.416 e. The normalized spacial score (nSPS) is 14.7. The number of halogens is 3. The highest BCUT2D eigenvalue weighted by Gasteiger charge is 2.31. The van der Waals surface area contributed by atoms with Gasteiger partial charge in [-0.15, -0.1) is 0 Å². The number of piperazine rings is 1. The summed E-state index contributed by atoms with van der Waals surface area (Å²) < 4.78 is 41.3. The minimum atomic E-state index is -4.39. The minimum Gasteiger partial charge on any atom is -0.367 e. The molecule has 0 spiro atoms. The quantitative estimate of drug-likeness (QED) is 0.596. The van der Waals surface area contributed by atoms with Gasteiger partial charge < -0.3 is 9.80 Å². The molecule has 168 valence electrons. The SMILES string of the molecule is Cc1cc(C)n(CC(=O)N2CCN(c3ccccc3-c3cccc(C(F)(F)F)c3)CC2)n1. The Labute approximate surface area is 185 Å². The van der Waals surface area contributed by atoms with E-state index in [1.54, 1.807) is 10.7 Å². The van der Waals surface area contributed by atoms with Crippen molar-refractivity contribution in [2.24, 2.45) is 0 Å². The first-order valence-corrected chi connectivity index (χ1v) is 10.5. The fourth-order valence-electron chi connectivity index (χ4n) is 4.12. The van der Waals surface area contributed by atoms with Crippen LogP contribution in [0.5, 0.6) is 0 Å². The summed E-state index contributed by atoms with van der Waals surface area (Å²) in [7, 11) is 0. The van der Waals surface area contributed by atoms with Crippen molar-refractivity contribution in [2.45, 2.75) is 26.6 Å². The molecule has 0 aliphatic carbocycles. The molecular formula is C24H25F3N4O. The van der Waals surface area contributed by atoms with Crippen molar-refractivity contribution in [1.82, 2.24) is 14.7 Å². The van der Waals surface area contributed by atoms with Gasteiger partial charge in [-0.25, -0.2) is 0 Å². The molecule has 4 rings (SSSR count). The molecule has 0 unspecified atom stereocenters. The first-order valence-electron chi connectivity index (χ1n) is 10.5. The number of anilines is 1. The first-order chi connectivity index (χ1) is 15.2. The molecule has 0 atom stereocenters. The third kappa shape index (κ3) is 4.64. The second kappa shape index (κ2) is 8.68. The summed E-state index contributed by atoms with van der Waals surface area (Å²) in [6, 6.07) is 14.8. The summed E-state index contributed by atoms with van der Waals surface area (Å²) in [6.45, 7) is 6.35. The van der Waals surface area contributed by atoms with Crippen LogP contribution < -0.4 is 4.90 Å². The molecule has 0 bridgehead atoms. The van der Waals surface area contributed by atoms with E-state index in [4.69, 9.17) is 0 Å². The lowest BCUT2D eigenvalue weighted by atomic mass is 10.00. The van der Waals surface area contributed by atoms with Crippen molar-refractivity contribution in [1.29, 1.82) is 0 Å². The highest BCUT2D eigenvalue weighted by atomic mass is 19.4. The number of nitrogens with zero attached hydrogens (tertiary/aromatic N) is 4. The Balaban J connectivity index is 1.48. The predicted molar refractivity (Wildman–Crippen MR) is 117 cm³/mol. The van der Waals surface area contributed by atoms with Crippen LogP contribution in [-0.4, -0.2) is 46.8 Å². The Kier molecular flexibility index (Phi) is 5.95. The Hall–Kier alpha value is -3.29. The maximum atomic E-state index is 13.2. The standard InChI is InChI=1S/C24H25F3N4O/c1-17-14-18(2)31(28-17)16-23(32)30-12-10-29(11-13-30)22-9-4-3-8-21(22)19-6-5-7-20(15-19)24(25,26)27/h3-9,14-15H,10-13,16H2,1-2H3. The lowest BCUT2D eigenvalue weighted by molar-refractivity contribution is -0.137. The van der Waals surface area contributed by atoms with E-state index in [1.165, 1.54) is 12.1 Å². The van der Waals surface area contributed by atoms with E-state index >= 15 is 0 Å². The molecule has 3 aromatic rings. The number of hydrogen-bond acceptors (Lipinski definition) is 3. The smallest absolute Gasteiger partial charge is 0.367 e. The van der Waals surface area contributed by atoms with E-state index in [0.29, 0.717) is 31.7 Å². The lowest BCUT2D eigenvalue weighted by Crippen LogP contribution is -2.49. The number of aromatic nitrogens is 2. The predicted octanol–water partition coefficient (Wildman–Crippen LogP) is 4.53. The molecule has 1 amide bonds. The van der Waals surface area contributed by atoms with Crippen LogP contribution in [0.25, 0.3) is 11.1 Å². The van der Waals surface area contributed by atoms with Crippen LogP contribution in [0.4, 0.5) is 18.9 Å². The topological polar surface area (TPSA) is 41.4 Å². The summed E-state index contributed by atoms with van der Waals surface area (Å²) in [6.07, 6.45) is -4.39. The number of para-hydroxylation sites is 1. The van der Waals surface area contributed by atoms with Gasteiger partial charge in [0.1, 0.15) is 6.54 Å². The average molecular weight is 442 g/mol. The third-order valence-corrected chi connectivity index (χ3v) is 5.77. The van der Waals surface area contributed by atoms with Crippen LogP contribution >= 0.6 is 0 Å². The third-order valence-electron chi connectivity index (χ3n) is 5.77. The monoisotopic (exact) mass is 442 g/mol. The zero-order chi connectivity index (χ0) is 22.9. The van der Waals surface area contributed by atoms with Gasteiger partial charge in [0, 0.05) is 43.1 Å². The van der Waals surface area contributed by atoms with Gasteiger partial charge in [-0.3, -0.25) is 9.48 Å². The van der Waals surface area contributed by atoms with E-state index in [9.17, 15) is 18.0 Å². The van der Waals surface area contributed by atoms with Crippen LogP contribution in [-0.2, 0) is 17.5 Å². The van der Waals surface area contributed by atoms with Crippen LogP contribution in [0, 0.1) is 13.8 Å². The molecule has 2 aromatic carbocycles. The summed E-state index contributed by atoms with van der Waals surface area (Å²) in [4.78, 5) is 16.7. The lowest BCUT2D eigenvalue weighted by Gasteiger charge is -2.37. The fraction of sp³-hybridized carbons (Fsp3) is 0.333. The number of rotatable bonds is 4. The highest BCUT2D eigenvalue weighted by Crippen LogP contribution is 2.36. The summed E-state index contributed by atoms with van der Waals surface area (Å²) in [5.74, 6) is 0.0158. The highest BCUT2D eigenvalue weighted by molar-refractivity contribution is 5.80. The molecule has 1 fully saturated rings. The van der Waals surface area contributed by atoms with Crippen molar-refractivity contribution in [3.05, 3.63) is 71.5 Å². The average Bonchev–Trinajstić information content (AvgIpc) is 3.09. The molecule has 2 heterocycles. The van der Waals surface area contributed by atoms with E-state index in [2.05, 4.69) is 10.00 Å². The molecular weight excluding hydrogens is 417 g/mol. The number of hydrogen-bond donors (Lipinski definition) is 0. The molecule has 5 nitrogen and oxygen atoms in total. The number of benzene rings is 2. The number of aryl methyl sites for hydroxylation is 2. The first kappa shape index (κ1) is 21.9. The second-order valence-corrected chi connectivity index (χ2v) is 8.05. The van der Waals surface area contributed by atoms with Crippen molar-refractivity contribution >= 4 is 11.6 Å². The van der Waals surface area contributed by atoms with E-state index in [-0.39, 0.29) is 12.5 Å². The van der Waals surface area contributed by atoms with Gasteiger partial charge in [-0.05, 0) is 43.7 Å². The van der Waals surface area contributed by atoms with E-state index in [0.717, 1.165) is 28.7 Å². The Morgan fingerprint density at radius 1 is 0.969 bits per heavy atom. The van der Waals surface area contributed by atoms with Crippen molar-refractivity contribution in [3.8, 4) is 11.1 Å². The zero-order valence-electron chi connectivity index (χ0n) is 18.1. The molecule has 8 heteroatoms. The van der Waals surface area contributed by atoms with Crippen molar-refractivity contribution < 1.29 is 18.0 Å². The van der Waals surface area contributed by atoms with Crippen LogP contribution in [0.3, 0.4) is 0 Å². The van der Waals surface area contributed by atoms with Crippen LogP contribution in [0.15, 0.2) is 54.6 Å². The minimum absolute atomic E-state index is 0.0158. The Morgan fingerprint density at radius 3 is 2.34 bits per heavy atom. The van der Waals surface area contributed by atoms with Gasteiger partial charge in [-0.2, -0.15) is 18.3 Å². The Morgan fingerprint density at radius 2 is 1.69 bits per heavy atom. The molecule has 0 saturated carbocycles. The number of carbonyl (C=O) groups is 1. The van der Waals surface area contributed by atoms with Crippen molar-refractivity contribution in [3.63, 3.8) is 0 Å². The molecule has 1 saturated heterocycles. The second-order valence-electron chi connectivity index (χ2n) is 8.05. The molecule has 0 radical (unpaired) electrons. The molecule has 1 aliphatic rings. The van der Waals surface area contributed by atoms with Gasteiger partial charge in [0.05, 0.1) is 11.3 Å². The van der Waals surface area contributed by atoms with E-state index < -0.39 is 11.7 Å². The maximum absolute atomic E-state index is 13.2. The van der Waals surface area contributed by atoms with E-state index in [1.807, 2.05) is 49.1 Å². The number of carbonyl (C=O) groups excluding carboxylic acids is 1. The molecule has 32 heavy (non-hydrogen) atoms. The molecule has 0 N–H and O–H groups in total. The van der Waals surface area contributed by atoms with Gasteiger partial charge in [0.25, 0.3) is 0 Å².